The van der Waals surface area contributed by atoms with Crippen molar-refractivity contribution in [3.63, 3.8) is 0 Å². The van der Waals surface area contributed by atoms with Crippen molar-refractivity contribution in [3.8, 4) is 0 Å². The number of nitrogens with zero attached hydrogens (tertiary/aromatic N) is 1. The Morgan fingerprint density at radius 3 is 2.65 bits per heavy atom. The number of benzene rings is 1. The third kappa shape index (κ3) is 3.92. The first-order valence-corrected chi connectivity index (χ1v) is 8.53. The highest BCUT2D eigenvalue weighted by Crippen LogP contribution is 2.27. The molecule has 1 aromatic carbocycles. The van der Waals surface area contributed by atoms with Crippen LogP contribution in [-0.2, 0) is 9.53 Å². The minimum absolute atomic E-state index is 0.100. The Morgan fingerprint density at radius 2 is 2.04 bits per heavy atom. The number of hydrogen-bond acceptors (Lipinski definition) is 3. The molecule has 0 aliphatic carbocycles. The smallest absolute Gasteiger partial charge is 0.416 e. The molecule has 2 amide bonds. The maximum atomic E-state index is 12.4. The van der Waals surface area contributed by atoms with Gasteiger partial charge in [-0.2, -0.15) is 0 Å². The van der Waals surface area contributed by atoms with Crippen LogP contribution in [0, 0.1) is 13.8 Å². The summed E-state index contributed by atoms with van der Waals surface area (Å²) in [6, 6.07) is 6.41. The van der Waals surface area contributed by atoms with Crippen molar-refractivity contribution < 1.29 is 14.3 Å². The molecule has 1 saturated heterocycles. The van der Waals surface area contributed by atoms with E-state index in [0.717, 1.165) is 19.3 Å². The Morgan fingerprint density at radius 1 is 1.30 bits per heavy atom. The topological polar surface area (TPSA) is 46.6 Å². The van der Waals surface area contributed by atoms with Crippen LogP contribution < -0.4 is 0 Å². The highest BCUT2D eigenvalue weighted by atomic mass is 16.6. The van der Waals surface area contributed by atoms with E-state index >= 15 is 0 Å². The molecule has 4 heteroatoms. The van der Waals surface area contributed by atoms with Gasteiger partial charge in [0.15, 0.2) is 0 Å². The molecule has 126 valence electrons. The van der Waals surface area contributed by atoms with Gasteiger partial charge in [-0.15, -0.1) is 0 Å². The van der Waals surface area contributed by atoms with Gasteiger partial charge in [-0.05, 0) is 55.7 Å². The fourth-order valence-corrected chi connectivity index (χ4v) is 3.11. The van der Waals surface area contributed by atoms with Gasteiger partial charge in [0.2, 0.25) is 5.91 Å². The Bertz CT molecular complexity index is 582. The van der Waals surface area contributed by atoms with Crippen LogP contribution in [0.25, 0.3) is 0 Å². The summed E-state index contributed by atoms with van der Waals surface area (Å²) < 4.78 is 5.00. The van der Waals surface area contributed by atoms with Gasteiger partial charge in [-0.1, -0.05) is 32.0 Å². The summed E-state index contributed by atoms with van der Waals surface area (Å²) in [7, 11) is 0. The number of carbonyl (C=O) groups excluding carboxylic acids is 2. The van der Waals surface area contributed by atoms with E-state index in [2.05, 4.69) is 39.0 Å². The molecule has 1 heterocycles. The summed E-state index contributed by atoms with van der Waals surface area (Å²) in [6.45, 7) is 8.66. The van der Waals surface area contributed by atoms with Gasteiger partial charge in [0.1, 0.15) is 6.61 Å². The van der Waals surface area contributed by atoms with Gasteiger partial charge in [-0.25, -0.2) is 9.69 Å². The summed E-state index contributed by atoms with van der Waals surface area (Å²) in [5.41, 5.74) is 3.84. The molecule has 0 bridgehead atoms. The molecular formula is C19H27NO3. The van der Waals surface area contributed by atoms with E-state index in [4.69, 9.17) is 4.74 Å². The van der Waals surface area contributed by atoms with Crippen LogP contribution in [0.4, 0.5) is 4.79 Å². The van der Waals surface area contributed by atoms with Crippen LogP contribution in [0.3, 0.4) is 0 Å². The van der Waals surface area contributed by atoms with E-state index in [0.29, 0.717) is 18.9 Å². The minimum atomic E-state index is -0.485. The van der Waals surface area contributed by atoms with Crippen LogP contribution in [0.15, 0.2) is 18.2 Å². The third-order valence-electron chi connectivity index (χ3n) is 4.90. The van der Waals surface area contributed by atoms with Crippen LogP contribution in [0.5, 0.6) is 0 Å². The Balaban J connectivity index is 2.01. The predicted molar refractivity (Wildman–Crippen MR) is 90.5 cm³/mol. The van der Waals surface area contributed by atoms with Gasteiger partial charge in [-0.3, -0.25) is 4.79 Å². The summed E-state index contributed by atoms with van der Waals surface area (Å²) >= 11 is 0. The van der Waals surface area contributed by atoms with Crippen molar-refractivity contribution in [1.82, 2.24) is 4.90 Å². The molecular weight excluding hydrogens is 290 g/mol. The number of cyclic esters (lactones) is 1. The maximum absolute atomic E-state index is 12.4. The highest BCUT2D eigenvalue weighted by molar-refractivity contribution is 5.93. The first-order chi connectivity index (χ1) is 11.0. The number of carbonyl (C=O) groups is 2. The number of amides is 2. The highest BCUT2D eigenvalue weighted by Gasteiger charge is 2.36. The van der Waals surface area contributed by atoms with E-state index in [-0.39, 0.29) is 11.9 Å². The molecule has 0 spiro atoms. The largest absolute Gasteiger partial charge is 0.447 e. The monoisotopic (exact) mass is 317 g/mol. The second-order valence-corrected chi connectivity index (χ2v) is 6.39. The molecule has 2 atom stereocenters. The fourth-order valence-electron chi connectivity index (χ4n) is 3.11. The molecule has 1 aromatic rings. The molecule has 0 unspecified atom stereocenters. The third-order valence-corrected chi connectivity index (χ3v) is 4.90. The number of imide groups is 1. The van der Waals surface area contributed by atoms with Crippen molar-refractivity contribution in [2.45, 2.75) is 65.3 Å². The Hall–Kier alpha value is -1.84. The lowest BCUT2D eigenvalue weighted by atomic mass is 9.89. The van der Waals surface area contributed by atoms with Crippen LogP contribution in [0.1, 0.15) is 62.1 Å². The SMILES string of the molecule is CC[C@@H](CCC(=O)N1C(=O)OC[C@@H]1CC)c1ccc(C)c(C)c1. The second kappa shape index (κ2) is 7.62. The normalized spacial score (nSPS) is 18.9. The lowest BCUT2D eigenvalue weighted by Crippen LogP contribution is -2.38. The first-order valence-electron chi connectivity index (χ1n) is 8.53. The van der Waals surface area contributed by atoms with Gasteiger partial charge >= 0.3 is 6.09 Å². The van der Waals surface area contributed by atoms with E-state index in [1.165, 1.54) is 21.6 Å². The summed E-state index contributed by atoms with van der Waals surface area (Å²) in [6.07, 6.45) is 2.39. The number of rotatable bonds is 6. The summed E-state index contributed by atoms with van der Waals surface area (Å²) in [5.74, 6) is 0.235. The van der Waals surface area contributed by atoms with Gasteiger partial charge in [0.05, 0.1) is 6.04 Å². The van der Waals surface area contributed by atoms with Gasteiger partial charge < -0.3 is 4.74 Å². The van der Waals surface area contributed by atoms with E-state index in [9.17, 15) is 9.59 Å². The standard InChI is InChI=1S/C19H27NO3/c1-5-15(16-8-7-13(3)14(4)11-16)9-10-18(21)20-17(6-2)12-23-19(20)22/h7-8,11,15,17H,5-6,9-10,12H2,1-4H3/t15-,17-/m0/s1. The number of ether oxygens (including phenoxy) is 1. The summed E-state index contributed by atoms with van der Waals surface area (Å²) in [4.78, 5) is 25.5. The quantitative estimate of drug-likeness (QED) is 0.784. The van der Waals surface area contributed by atoms with Crippen LogP contribution >= 0.6 is 0 Å². The van der Waals surface area contributed by atoms with Crippen LogP contribution in [0.2, 0.25) is 0 Å². The van der Waals surface area contributed by atoms with Crippen molar-refractivity contribution in [2.24, 2.45) is 0 Å². The van der Waals surface area contributed by atoms with Gasteiger partial charge in [0, 0.05) is 6.42 Å². The minimum Gasteiger partial charge on any atom is -0.447 e. The van der Waals surface area contributed by atoms with Gasteiger partial charge in [0.25, 0.3) is 0 Å². The van der Waals surface area contributed by atoms with E-state index in [1.54, 1.807) is 0 Å². The van der Waals surface area contributed by atoms with E-state index in [1.807, 2.05) is 6.92 Å². The maximum Gasteiger partial charge on any atom is 0.416 e. The number of hydrogen-bond donors (Lipinski definition) is 0. The molecule has 0 saturated carbocycles. The molecule has 0 N–H and O–H groups in total. The fraction of sp³-hybridized carbons (Fsp3) is 0.579. The molecule has 1 aliphatic heterocycles. The average molecular weight is 317 g/mol. The molecule has 0 radical (unpaired) electrons. The molecule has 1 fully saturated rings. The van der Waals surface area contributed by atoms with E-state index < -0.39 is 6.09 Å². The van der Waals surface area contributed by atoms with Crippen molar-refractivity contribution in [1.29, 1.82) is 0 Å². The lowest BCUT2D eigenvalue weighted by molar-refractivity contribution is -0.129. The lowest BCUT2D eigenvalue weighted by Gasteiger charge is -2.20. The van der Waals surface area contributed by atoms with Crippen molar-refractivity contribution in [3.05, 3.63) is 34.9 Å². The Labute approximate surface area is 138 Å². The molecule has 1 aliphatic rings. The zero-order valence-corrected chi connectivity index (χ0v) is 14.6. The molecule has 0 aromatic heterocycles. The van der Waals surface area contributed by atoms with Crippen molar-refractivity contribution >= 4 is 12.0 Å². The zero-order chi connectivity index (χ0) is 17.0. The van der Waals surface area contributed by atoms with Crippen molar-refractivity contribution in [2.75, 3.05) is 6.61 Å². The first kappa shape index (κ1) is 17.5. The summed E-state index contributed by atoms with van der Waals surface area (Å²) in [5, 5.41) is 0. The second-order valence-electron chi connectivity index (χ2n) is 6.39. The van der Waals surface area contributed by atoms with Crippen LogP contribution in [-0.4, -0.2) is 29.5 Å². The Kier molecular flexibility index (Phi) is 5.80. The molecule has 4 nitrogen and oxygen atoms in total. The average Bonchev–Trinajstić information content (AvgIpc) is 2.92. The predicted octanol–water partition coefficient (Wildman–Crippen LogP) is 4.33. The number of aryl methyl sites for hydroxylation is 2. The zero-order valence-electron chi connectivity index (χ0n) is 14.6. The molecule has 23 heavy (non-hydrogen) atoms. The molecule has 2 rings (SSSR count).